The highest BCUT2D eigenvalue weighted by molar-refractivity contribution is 5.99. The summed E-state index contributed by atoms with van der Waals surface area (Å²) in [5.74, 6) is 0.0491. The molecule has 20 heavy (non-hydrogen) atoms. The van der Waals surface area contributed by atoms with Crippen LogP contribution in [0.4, 0.5) is 5.69 Å². The lowest BCUT2D eigenvalue weighted by Gasteiger charge is -2.35. The Balaban J connectivity index is 2.15. The van der Waals surface area contributed by atoms with Crippen molar-refractivity contribution in [3.8, 4) is 0 Å². The Hall–Kier alpha value is -1.62. The maximum Gasteiger partial charge on any atom is 0.256 e. The van der Waals surface area contributed by atoms with E-state index in [1.165, 1.54) is 0 Å². The van der Waals surface area contributed by atoms with E-state index in [1.54, 1.807) is 18.5 Å². The molecule has 2 atom stereocenters. The van der Waals surface area contributed by atoms with Crippen LogP contribution in [0.2, 0.25) is 0 Å². The van der Waals surface area contributed by atoms with Crippen LogP contribution in [0.3, 0.4) is 0 Å². The number of ether oxygens (including phenoxy) is 1. The minimum absolute atomic E-state index is 0.0491. The number of hydrogen-bond donors (Lipinski definition) is 1. The largest absolute Gasteiger partial charge is 0.383 e. The highest BCUT2D eigenvalue weighted by atomic mass is 16.5. The fourth-order valence-corrected chi connectivity index (χ4v) is 2.50. The summed E-state index contributed by atoms with van der Waals surface area (Å²) in [6, 6.07) is 1.78. The first-order valence-corrected chi connectivity index (χ1v) is 7.24. The Morgan fingerprint density at radius 1 is 1.45 bits per heavy atom. The lowest BCUT2D eigenvalue weighted by molar-refractivity contribution is -0.0585. The molecule has 0 radical (unpaired) electrons. The van der Waals surface area contributed by atoms with Crippen LogP contribution in [0.1, 0.15) is 37.6 Å². The number of anilines is 1. The van der Waals surface area contributed by atoms with Crippen molar-refractivity contribution in [1.82, 2.24) is 9.88 Å². The van der Waals surface area contributed by atoms with Crippen LogP contribution >= 0.6 is 0 Å². The maximum absolute atomic E-state index is 12.7. The third kappa shape index (κ3) is 3.48. The number of nitrogens with one attached hydrogen (secondary N) is 1. The maximum atomic E-state index is 12.7. The van der Waals surface area contributed by atoms with Gasteiger partial charge >= 0.3 is 0 Å². The van der Waals surface area contributed by atoms with Crippen molar-refractivity contribution in [2.45, 2.75) is 39.4 Å². The first-order chi connectivity index (χ1) is 9.61. The van der Waals surface area contributed by atoms with E-state index in [4.69, 9.17) is 4.74 Å². The summed E-state index contributed by atoms with van der Waals surface area (Å²) in [4.78, 5) is 18.6. The molecule has 0 bridgehead atoms. The van der Waals surface area contributed by atoms with Crippen LogP contribution in [0.15, 0.2) is 18.5 Å². The van der Waals surface area contributed by atoms with Crippen LogP contribution < -0.4 is 5.32 Å². The number of amides is 1. The van der Waals surface area contributed by atoms with Gasteiger partial charge in [0.05, 0.1) is 29.7 Å². The highest BCUT2D eigenvalue weighted by Gasteiger charge is 2.27. The summed E-state index contributed by atoms with van der Waals surface area (Å²) in [7, 11) is 0. The van der Waals surface area contributed by atoms with Crippen molar-refractivity contribution < 1.29 is 9.53 Å². The normalized spacial score (nSPS) is 22.6. The number of hydrogen-bond acceptors (Lipinski definition) is 4. The third-order valence-corrected chi connectivity index (χ3v) is 3.32. The Morgan fingerprint density at radius 2 is 2.15 bits per heavy atom. The van der Waals surface area contributed by atoms with Gasteiger partial charge in [-0.2, -0.15) is 0 Å². The zero-order valence-electron chi connectivity index (χ0n) is 12.4. The first kappa shape index (κ1) is 14.8. The Bertz CT molecular complexity index is 454. The van der Waals surface area contributed by atoms with Gasteiger partial charge in [0.2, 0.25) is 0 Å². The van der Waals surface area contributed by atoms with Gasteiger partial charge in [0.1, 0.15) is 0 Å². The summed E-state index contributed by atoms with van der Waals surface area (Å²) < 4.78 is 5.68. The van der Waals surface area contributed by atoms with Crippen LogP contribution in [0.25, 0.3) is 0 Å². The van der Waals surface area contributed by atoms with Gasteiger partial charge < -0.3 is 15.0 Å². The second kappa shape index (κ2) is 6.70. The molecule has 2 unspecified atom stereocenters. The molecule has 2 heterocycles. The lowest BCUT2D eigenvalue weighted by atomic mass is 10.1. The average molecular weight is 277 g/mol. The molecular weight excluding hydrogens is 254 g/mol. The average Bonchev–Trinajstić information content (AvgIpc) is 2.43. The van der Waals surface area contributed by atoms with Crippen molar-refractivity contribution >= 4 is 11.6 Å². The Morgan fingerprint density at radius 3 is 2.80 bits per heavy atom. The number of carbonyl (C=O) groups excluding carboxylic acids is 1. The number of rotatable bonds is 4. The molecule has 2 rings (SSSR count). The van der Waals surface area contributed by atoms with Gasteiger partial charge in [0.15, 0.2) is 0 Å². The Kier molecular flexibility index (Phi) is 4.95. The molecule has 0 saturated carbocycles. The number of carbonyl (C=O) groups is 1. The summed E-state index contributed by atoms with van der Waals surface area (Å²) in [6.07, 6.45) is 4.55. The van der Waals surface area contributed by atoms with Crippen LogP contribution in [-0.4, -0.2) is 47.6 Å². The van der Waals surface area contributed by atoms with Gasteiger partial charge in [-0.15, -0.1) is 0 Å². The van der Waals surface area contributed by atoms with Crippen molar-refractivity contribution in [2.75, 3.05) is 25.0 Å². The molecule has 5 heteroatoms. The molecule has 1 aromatic heterocycles. The van der Waals surface area contributed by atoms with E-state index in [0.29, 0.717) is 18.7 Å². The fourth-order valence-electron chi connectivity index (χ4n) is 2.50. The van der Waals surface area contributed by atoms with Crippen molar-refractivity contribution in [3.05, 3.63) is 24.0 Å². The minimum Gasteiger partial charge on any atom is -0.383 e. The smallest absolute Gasteiger partial charge is 0.256 e. The molecule has 1 aromatic rings. The Labute approximate surface area is 120 Å². The molecule has 1 aliphatic heterocycles. The van der Waals surface area contributed by atoms with E-state index in [1.807, 2.05) is 18.7 Å². The van der Waals surface area contributed by atoms with E-state index in [-0.39, 0.29) is 18.1 Å². The topological polar surface area (TPSA) is 54.5 Å². The zero-order chi connectivity index (χ0) is 14.5. The van der Waals surface area contributed by atoms with Gasteiger partial charge in [-0.3, -0.25) is 9.78 Å². The van der Waals surface area contributed by atoms with Gasteiger partial charge in [0.25, 0.3) is 5.91 Å². The van der Waals surface area contributed by atoms with Crippen LogP contribution in [-0.2, 0) is 4.74 Å². The molecule has 1 aliphatic rings. The number of aromatic nitrogens is 1. The molecule has 1 N–H and O–H groups in total. The van der Waals surface area contributed by atoms with Gasteiger partial charge in [-0.25, -0.2) is 0 Å². The SMILES string of the molecule is CCCNc1cnccc1C(=O)N1CC(C)OC(C)C1. The molecule has 1 amide bonds. The zero-order valence-corrected chi connectivity index (χ0v) is 12.4. The number of morpholine rings is 1. The minimum atomic E-state index is 0.0491. The number of nitrogens with zero attached hydrogens (tertiary/aromatic N) is 2. The molecular formula is C15H23N3O2. The van der Waals surface area contributed by atoms with E-state index < -0.39 is 0 Å². The van der Waals surface area contributed by atoms with E-state index >= 15 is 0 Å². The fraction of sp³-hybridized carbons (Fsp3) is 0.600. The second-order valence-electron chi connectivity index (χ2n) is 5.32. The summed E-state index contributed by atoms with van der Waals surface area (Å²) in [6.45, 7) is 8.20. The number of pyridine rings is 1. The molecule has 5 nitrogen and oxygen atoms in total. The van der Waals surface area contributed by atoms with Gasteiger partial charge in [-0.1, -0.05) is 6.92 Å². The predicted octanol–water partition coefficient (Wildman–Crippen LogP) is 2.15. The van der Waals surface area contributed by atoms with Gasteiger partial charge in [-0.05, 0) is 26.3 Å². The standard InChI is InChI=1S/C15H23N3O2/c1-4-6-17-14-8-16-7-5-13(14)15(19)18-9-11(2)20-12(3)10-18/h5,7-8,11-12,17H,4,6,9-10H2,1-3H3. The molecule has 1 saturated heterocycles. The lowest BCUT2D eigenvalue weighted by Crippen LogP contribution is -2.48. The van der Waals surface area contributed by atoms with Crippen molar-refractivity contribution in [2.24, 2.45) is 0 Å². The quantitative estimate of drug-likeness (QED) is 0.916. The molecule has 0 aromatic carbocycles. The van der Waals surface area contributed by atoms with Gasteiger partial charge in [0, 0.05) is 25.8 Å². The summed E-state index contributed by atoms with van der Waals surface area (Å²) in [5, 5.41) is 3.26. The van der Waals surface area contributed by atoms with Crippen molar-refractivity contribution in [3.63, 3.8) is 0 Å². The highest BCUT2D eigenvalue weighted by Crippen LogP contribution is 2.19. The van der Waals surface area contributed by atoms with E-state index in [2.05, 4.69) is 17.2 Å². The second-order valence-corrected chi connectivity index (χ2v) is 5.32. The molecule has 0 spiro atoms. The molecule has 110 valence electrons. The summed E-state index contributed by atoms with van der Waals surface area (Å²) >= 11 is 0. The third-order valence-electron chi connectivity index (χ3n) is 3.32. The van der Waals surface area contributed by atoms with Crippen LogP contribution in [0.5, 0.6) is 0 Å². The first-order valence-electron chi connectivity index (χ1n) is 7.24. The van der Waals surface area contributed by atoms with E-state index in [0.717, 1.165) is 18.7 Å². The summed E-state index contributed by atoms with van der Waals surface area (Å²) in [5.41, 5.74) is 1.50. The molecule has 0 aliphatic carbocycles. The monoisotopic (exact) mass is 277 g/mol. The van der Waals surface area contributed by atoms with Crippen LogP contribution in [0, 0.1) is 0 Å². The van der Waals surface area contributed by atoms with E-state index in [9.17, 15) is 4.79 Å². The van der Waals surface area contributed by atoms with Crippen molar-refractivity contribution in [1.29, 1.82) is 0 Å². The molecule has 1 fully saturated rings. The predicted molar refractivity (Wildman–Crippen MR) is 78.9 cm³/mol.